The van der Waals surface area contributed by atoms with Crippen LogP contribution in [0.5, 0.6) is 0 Å². The number of aromatic nitrogens is 4. The molecule has 0 spiro atoms. The Hall–Kier alpha value is -1.99. The van der Waals surface area contributed by atoms with Crippen LogP contribution in [-0.2, 0) is 23.7 Å². The zero-order valence-electron chi connectivity index (χ0n) is 27.1. The average Bonchev–Trinajstić information content (AvgIpc) is 3.35. The number of sulfone groups is 1. The van der Waals surface area contributed by atoms with Crippen molar-refractivity contribution in [3.63, 3.8) is 0 Å². The molecule has 0 amide bonds. The van der Waals surface area contributed by atoms with Crippen LogP contribution in [-0.4, -0.2) is 63.4 Å². The smallest absolute Gasteiger partial charge is 0.375 e. The highest BCUT2D eigenvalue weighted by atomic mass is 32.2. The van der Waals surface area contributed by atoms with E-state index in [1.54, 1.807) is 0 Å². The van der Waals surface area contributed by atoms with Gasteiger partial charge in [0.1, 0.15) is 5.65 Å². The highest BCUT2D eigenvalue weighted by molar-refractivity contribution is 7.91. The number of fused-ring (bicyclic) bond motifs is 1. The van der Waals surface area contributed by atoms with E-state index in [2.05, 4.69) is 28.8 Å². The molecule has 2 atom stereocenters. The predicted octanol–water partition coefficient (Wildman–Crippen LogP) is 5.53. The lowest BCUT2D eigenvalue weighted by Crippen LogP contribution is -2.36. The van der Waals surface area contributed by atoms with Crippen molar-refractivity contribution < 1.29 is 27.1 Å². The Labute approximate surface area is 266 Å². The van der Waals surface area contributed by atoms with Gasteiger partial charge < -0.3 is 9.63 Å². The van der Waals surface area contributed by atoms with Crippen molar-refractivity contribution in [3.8, 4) is 0 Å². The zero-order valence-corrected chi connectivity index (χ0v) is 28.9. The second-order valence-electron chi connectivity index (χ2n) is 11.9. The summed E-state index contributed by atoms with van der Waals surface area (Å²) in [5.74, 6) is -0.453. The topological polar surface area (TPSA) is 193 Å². The molecule has 2 unspecified atom stereocenters. The molecule has 2 aromatic rings. The lowest BCUT2D eigenvalue weighted by atomic mass is 10.1. The summed E-state index contributed by atoms with van der Waals surface area (Å²) >= 11 is 0. The molecular weight excluding hydrogens is 623 g/mol. The van der Waals surface area contributed by atoms with Gasteiger partial charge in [0.05, 0.1) is 24.2 Å². The van der Waals surface area contributed by atoms with E-state index < -0.39 is 58.5 Å². The van der Waals surface area contributed by atoms with Crippen LogP contribution in [0.15, 0.2) is 14.4 Å². The number of hydrogen-bond donors (Lipinski definition) is 4. The molecular formula is C30H55N4O9PS. The maximum atomic E-state index is 13.0. The van der Waals surface area contributed by atoms with Gasteiger partial charge >= 0.3 is 19.1 Å². The largest absolute Gasteiger partial charge is 0.443 e. The molecule has 15 heteroatoms. The highest BCUT2D eigenvalue weighted by Crippen LogP contribution is 2.41. The fourth-order valence-corrected chi connectivity index (χ4v) is 7.92. The van der Waals surface area contributed by atoms with Gasteiger partial charge in [-0.3, -0.25) is 24.3 Å². The van der Waals surface area contributed by atoms with Gasteiger partial charge in [-0.05, 0) is 12.8 Å². The maximum absolute atomic E-state index is 13.0. The van der Waals surface area contributed by atoms with E-state index in [-0.39, 0.29) is 22.3 Å². The van der Waals surface area contributed by atoms with Gasteiger partial charge in [-0.1, -0.05) is 117 Å². The van der Waals surface area contributed by atoms with Crippen LogP contribution in [0.4, 0.5) is 0 Å². The standard InChI is InChI=1S/C30H55N4O9PS/c1-3-5-7-9-11-13-15-17-19-21-42-25(24-45(40,41)22-20-18-16-14-12-10-8-6-4-2)23-43-44(38,39)34-28(35)26-27(33-30(34)37)32-29(36)31-26/h25H,3-24H2,1-2H3,(H,33,37)(H,38,39)(H2,31,32,36). The van der Waals surface area contributed by atoms with Gasteiger partial charge in [0.25, 0.3) is 5.56 Å². The van der Waals surface area contributed by atoms with Crippen molar-refractivity contribution in [2.45, 2.75) is 136 Å². The Morgan fingerprint density at radius 1 is 0.756 bits per heavy atom. The zero-order chi connectivity index (χ0) is 33.1. The van der Waals surface area contributed by atoms with E-state index >= 15 is 0 Å². The minimum atomic E-state index is -5.10. The summed E-state index contributed by atoms with van der Waals surface area (Å²) in [6.07, 6.45) is 18.2. The monoisotopic (exact) mass is 678 g/mol. The molecule has 45 heavy (non-hydrogen) atoms. The van der Waals surface area contributed by atoms with Gasteiger partial charge in [-0.25, -0.2) is 22.6 Å². The molecule has 13 nitrogen and oxygen atoms in total. The third-order valence-corrected chi connectivity index (χ3v) is 11.0. The molecule has 0 aromatic carbocycles. The third kappa shape index (κ3) is 15.0. The fraction of sp³-hybridized carbons (Fsp3) is 0.833. The van der Waals surface area contributed by atoms with Crippen molar-refractivity contribution in [2.75, 3.05) is 24.7 Å². The number of unbranched alkanes of at least 4 members (excludes halogenated alkanes) is 16. The van der Waals surface area contributed by atoms with Gasteiger partial charge in [0, 0.05) is 6.61 Å². The van der Waals surface area contributed by atoms with E-state index in [1.807, 2.05) is 0 Å². The Morgan fingerprint density at radius 3 is 1.82 bits per heavy atom. The Kier molecular flexibility index (Phi) is 18.3. The first-order valence-corrected chi connectivity index (χ1v) is 20.1. The molecule has 0 aliphatic heterocycles. The molecule has 0 saturated carbocycles. The van der Waals surface area contributed by atoms with Crippen molar-refractivity contribution in [1.82, 2.24) is 19.3 Å². The number of aromatic amines is 3. The summed E-state index contributed by atoms with van der Waals surface area (Å²) in [4.78, 5) is 53.8. The summed E-state index contributed by atoms with van der Waals surface area (Å²) in [5, 5.41) is 0. The number of nitrogens with one attached hydrogen (secondary N) is 3. The van der Waals surface area contributed by atoms with Crippen molar-refractivity contribution >= 4 is 28.7 Å². The lowest BCUT2D eigenvalue weighted by molar-refractivity contribution is 0.0283. The Morgan fingerprint density at radius 2 is 1.27 bits per heavy atom. The highest BCUT2D eigenvalue weighted by Gasteiger charge is 2.31. The van der Waals surface area contributed by atoms with Gasteiger partial charge in [0.2, 0.25) is 0 Å². The van der Waals surface area contributed by atoms with E-state index in [4.69, 9.17) is 9.26 Å². The minimum Gasteiger partial charge on any atom is -0.375 e. The summed E-state index contributed by atoms with van der Waals surface area (Å²) in [6, 6.07) is 0. The van der Waals surface area contributed by atoms with E-state index in [0.717, 1.165) is 44.9 Å². The second-order valence-corrected chi connectivity index (χ2v) is 15.8. The summed E-state index contributed by atoms with van der Waals surface area (Å²) in [6.45, 7) is 3.98. The van der Waals surface area contributed by atoms with Crippen LogP contribution in [0.1, 0.15) is 129 Å². The van der Waals surface area contributed by atoms with Crippen LogP contribution in [0, 0.1) is 0 Å². The Bertz CT molecular complexity index is 1450. The number of ether oxygens (including phenoxy) is 1. The molecule has 0 radical (unpaired) electrons. The first kappa shape index (κ1) is 39.2. The number of H-pyrrole nitrogens is 3. The SMILES string of the molecule is CCCCCCCCCCCOC(COP(=O)(O)n1c(=O)[nH]c2[nH]c(=O)[nH]c2c1=O)CS(=O)(=O)CCCCCCCCCCC. The molecule has 2 heterocycles. The van der Waals surface area contributed by atoms with E-state index in [1.165, 1.54) is 57.8 Å². The predicted molar refractivity (Wildman–Crippen MR) is 178 cm³/mol. The summed E-state index contributed by atoms with van der Waals surface area (Å²) < 4.78 is 49.9. The van der Waals surface area contributed by atoms with Gasteiger partial charge in [0.15, 0.2) is 15.4 Å². The summed E-state index contributed by atoms with van der Waals surface area (Å²) in [7, 11) is -8.67. The number of hydrogen-bond acceptors (Lipinski definition) is 8. The van der Waals surface area contributed by atoms with E-state index in [9.17, 15) is 32.3 Å². The van der Waals surface area contributed by atoms with Crippen LogP contribution >= 0.6 is 7.75 Å². The Balaban J connectivity index is 1.95. The van der Waals surface area contributed by atoms with Crippen LogP contribution < -0.4 is 16.9 Å². The molecule has 0 bridgehead atoms. The van der Waals surface area contributed by atoms with E-state index in [0.29, 0.717) is 12.8 Å². The van der Waals surface area contributed by atoms with Crippen molar-refractivity contribution in [2.24, 2.45) is 0 Å². The minimum absolute atomic E-state index is 0.00651. The molecule has 2 aromatic heterocycles. The quantitative estimate of drug-likeness (QED) is 0.0694. The van der Waals surface area contributed by atoms with Crippen molar-refractivity contribution in [3.05, 3.63) is 31.3 Å². The fourth-order valence-electron chi connectivity index (χ4n) is 5.27. The molecule has 260 valence electrons. The first-order valence-electron chi connectivity index (χ1n) is 16.8. The normalized spacial score (nSPS) is 14.2. The van der Waals surface area contributed by atoms with Gasteiger partial charge in [-0.15, -0.1) is 0 Å². The molecule has 4 N–H and O–H groups in total. The number of nitrogens with zero attached hydrogens (tertiary/aromatic N) is 1. The number of imidazole rings is 1. The molecule has 2 rings (SSSR count). The molecule has 0 fully saturated rings. The molecule has 0 aliphatic carbocycles. The number of rotatable bonds is 27. The van der Waals surface area contributed by atoms with Crippen LogP contribution in [0.25, 0.3) is 11.2 Å². The molecule has 0 aliphatic rings. The van der Waals surface area contributed by atoms with Crippen LogP contribution in [0.2, 0.25) is 0 Å². The summed E-state index contributed by atoms with van der Waals surface area (Å²) in [5.41, 5.74) is -3.91. The first-order chi connectivity index (χ1) is 21.5. The third-order valence-electron chi connectivity index (χ3n) is 7.84. The molecule has 0 saturated heterocycles. The second kappa shape index (κ2) is 21.0. The van der Waals surface area contributed by atoms with Gasteiger partial charge in [-0.2, -0.15) is 4.34 Å². The maximum Gasteiger partial charge on any atom is 0.443 e. The lowest BCUT2D eigenvalue weighted by Gasteiger charge is -2.20. The van der Waals surface area contributed by atoms with Crippen LogP contribution in [0.3, 0.4) is 0 Å². The average molecular weight is 679 g/mol. The van der Waals surface area contributed by atoms with Crippen molar-refractivity contribution in [1.29, 1.82) is 0 Å².